The molecule has 0 bridgehead atoms. The van der Waals surface area contributed by atoms with Gasteiger partial charge in [-0.15, -0.1) is 0 Å². The smallest absolute Gasteiger partial charge is 0.416 e. The number of halogens is 4. The number of nitrogens with two attached hydrogens (primary N) is 1. The summed E-state index contributed by atoms with van der Waals surface area (Å²) in [6, 6.07) is 8.54. The van der Waals surface area contributed by atoms with Crippen LogP contribution in [0, 0.1) is 5.82 Å². The average Bonchev–Trinajstić information content (AvgIpc) is 3.26. The highest BCUT2D eigenvalue weighted by Gasteiger charge is 2.32. The molecule has 0 radical (unpaired) electrons. The van der Waals surface area contributed by atoms with Crippen LogP contribution in [0.3, 0.4) is 0 Å². The number of ether oxygens (including phenoxy) is 1. The molecule has 1 aromatic heterocycles. The summed E-state index contributed by atoms with van der Waals surface area (Å²) in [4.78, 5) is 30.4. The van der Waals surface area contributed by atoms with Crippen molar-refractivity contribution >= 4 is 50.3 Å². The van der Waals surface area contributed by atoms with Gasteiger partial charge in [0.05, 0.1) is 44.9 Å². The van der Waals surface area contributed by atoms with Crippen LogP contribution in [0.5, 0.6) is 0 Å². The fourth-order valence-corrected chi connectivity index (χ4v) is 4.81. The number of nitrogens with zero attached hydrogens (tertiary/aromatic N) is 2. The normalized spacial score (nSPS) is 11.8. The van der Waals surface area contributed by atoms with E-state index < -0.39 is 45.2 Å². The number of aromatic amines is 1. The molecule has 0 aliphatic heterocycles. The van der Waals surface area contributed by atoms with Crippen molar-refractivity contribution < 1.29 is 40.3 Å². The van der Waals surface area contributed by atoms with Crippen LogP contribution in [0.25, 0.3) is 11.0 Å². The van der Waals surface area contributed by atoms with E-state index in [4.69, 9.17) is 5.73 Å². The van der Waals surface area contributed by atoms with E-state index >= 15 is 0 Å². The molecule has 198 valence electrons. The second-order valence-electron chi connectivity index (χ2n) is 7.72. The number of methoxy groups -OCH3 is 1. The van der Waals surface area contributed by atoms with Gasteiger partial charge in [-0.2, -0.15) is 13.2 Å². The van der Waals surface area contributed by atoms with Gasteiger partial charge in [0.2, 0.25) is 15.8 Å². The van der Waals surface area contributed by atoms with Gasteiger partial charge >= 0.3 is 18.3 Å². The zero-order valence-corrected chi connectivity index (χ0v) is 20.0. The van der Waals surface area contributed by atoms with Crippen LogP contribution in [0.4, 0.5) is 44.5 Å². The number of imidazole rings is 1. The number of amides is 3. The molecule has 4 N–H and O–H groups in total. The Bertz CT molecular complexity index is 1650. The number of fused-ring (bicyclic) bond motifs is 1. The van der Waals surface area contributed by atoms with Crippen LogP contribution in [0.1, 0.15) is 5.56 Å². The molecular formula is C23H17F4N5O5S. The molecule has 0 spiro atoms. The van der Waals surface area contributed by atoms with E-state index in [9.17, 15) is 35.6 Å². The first-order chi connectivity index (χ1) is 17.8. The molecule has 0 atom stereocenters. The Morgan fingerprint density at radius 2 is 1.68 bits per heavy atom. The van der Waals surface area contributed by atoms with Crippen molar-refractivity contribution in [2.45, 2.75) is 16.0 Å². The monoisotopic (exact) mass is 551 g/mol. The number of primary amides is 1. The van der Waals surface area contributed by atoms with Crippen molar-refractivity contribution in [1.29, 1.82) is 0 Å². The van der Waals surface area contributed by atoms with E-state index in [1.54, 1.807) is 0 Å². The van der Waals surface area contributed by atoms with E-state index in [0.717, 1.165) is 31.4 Å². The minimum absolute atomic E-state index is 0.0270. The Labute approximate surface area is 211 Å². The number of nitrogens with one attached hydrogen (secondary N) is 2. The Balaban J connectivity index is 1.68. The molecule has 0 aliphatic carbocycles. The summed E-state index contributed by atoms with van der Waals surface area (Å²) in [6.07, 6.45) is -5.60. The molecule has 3 aromatic carbocycles. The first-order valence-electron chi connectivity index (χ1n) is 10.5. The Morgan fingerprint density at radius 3 is 2.29 bits per heavy atom. The molecule has 15 heteroatoms. The number of rotatable bonds is 5. The van der Waals surface area contributed by atoms with Crippen LogP contribution < -0.4 is 16.0 Å². The van der Waals surface area contributed by atoms with Crippen LogP contribution >= 0.6 is 0 Å². The van der Waals surface area contributed by atoms with Crippen molar-refractivity contribution in [3.05, 3.63) is 72.0 Å². The number of anilines is 3. The highest BCUT2D eigenvalue weighted by atomic mass is 32.2. The van der Waals surface area contributed by atoms with Crippen molar-refractivity contribution in [1.82, 2.24) is 9.97 Å². The lowest BCUT2D eigenvalue weighted by molar-refractivity contribution is -0.137. The largest absolute Gasteiger partial charge is 0.453 e. The summed E-state index contributed by atoms with van der Waals surface area (Å²) in [6.45, 7) is 0. The Hall–Kier alpha value is -4.66. The fraction of sp³-hybridized carbons (Fsp3) is 0.0870. The zero-order chi connectivity index (χ0) is 27.8. The quantitative estimate of drug-likeness (QED) is 0.299. The third-order valence-corrected chi connectivity index (χ3v) is 7.08. The molecule has 3 amide bonds. The van der Waals surface area contributed by atoms with Crippen LogP contribution in [-0.4, -0.2) is 37.6 Å². The maximum absolute atomic E-state index is 14.4. The molecule has 4 aromatic rings. The number of aromatic nitrogens is 2. The standard InChI is InChI=1S/C23H17F4N5O5S/c1-37-22(34)31-21-29-17-9-7-15(11-18(17)30-21)38(35,36)14-5-3-13(4-6-14)32(20(28)33)19-10-12(23(25,26)27)2-8-16(19)24/h2-11H,1H3,(H2,28,33)(H2,29,30,31,34). The van der Waals surface area contributed by atoms with E-state index in [2.05, 4.69) is 20.0 Å². The van der Waals surface area contributed by atoms with Gasteiger partial charge in [0.25, 0.3) is 0 Å². The molecule has 4 rings (SSSR count). The third-order valence-electron chi connectivity index (χ3n) is 5.31. The van der Waals surface area contributed by atoms with Gasteiger partial charge in [0.15, 0.2) is 0 Å². The summed E-state index contributed by atoms with van der Waals surface area (Å²) >= 11 is 0. The summed E-state index contributed by atoms with van der Waals surface area (Å²) < 4.78 is 84.6. The summed E-state index contributed by atoms with van der Waals surface area (Å²) in [7, 11) is -2.97. The van der Waals surface area contributed by atoms with Crippen LogP contribution in [-0.2, 0) is 20.8 Å². The van der Waals surface area contributed by atoms with E-state index in [-0.39, 0.29) is 26.9 Å². The molecule has 0 saturated carbocycles. The number of benzene rings is 3. The number of carbonyl (C=O) groups excluding carboxylic acids is 2. The zero-order valence-electron chi connectivity index (χ0n) is 19.2. The van der Waals surface area contributed by atoms with E-state index in [0.29, 0.717) is 28.6 Å². The van der Waals surface area contributed by atoms with Gasteiger partial charge in [-0.1, -0.05) is 0 Å². The lowest BCUT2D eigenvalue weighted by Crippen LogP contribution is -2.32. The average molecular weight is 551 g/mol. The number of carbonyl (C=O) groups is 2. The highest BCUT2D eigenvalue weighted by molar-refractivity contribution is 7.91. The first-order valence-corrected chi connectivity index (χ1v) is 12.0. The molecular weight excluding hydrogens is 534 g/mol. The minimum atomic E-state index is -4.81. The number of urea groups is 1. The van der Waals surface area contributed by atoms with Crippen LogP contribution in [0.2, 0.25) is 0 Å². The maximum atomic E-state index is 14.4. The summed E-state index contributed by atoms with van der Waals surface area (Å²) in [5, 5.41) is 2.32. The number of alkyl halides is 3. The third kappa shape index (κ3) is 5.08. The molecule has 0 aliphatic rings. The minimum Gasteiger partial charge on any atom is -0.453 e. The fourth-order valence-electron chi connectivity index (χ4n) is 3.52. The van der Waals surface area contributed by atoms with E-state index in [1.165, 1.54) is 18.2 Å². The summed E-state index contributed by atoms with van der Waals surface area (Å²) in [5.74, 6) is -1.12. The number of hydrogen-bond donors (Lipinski definition) is 3. The maximum Gasteiger partial charge on any atom is 0.416 e. The van der Waals surface area contributed by atoms with Gasteiger partial charge in [0, 0.05) is 0 Å². The molecule has 1 heterocycles. The van der Waals surface area contributed by atoms with Crippen LogP contribution in [0.15, 0.2) is 70.5 Å². The van der Waals surface area contributed by atoms with E-state index in [1.807, 2.05) is 0 Å². The second kappa shape index (κ2) is 9.66. The predicted molar refractivity (Wildman–Crippen MR) is 127 cm³/mol. The topological polar surface area (TPSA) is 147 Å². The Kier molecular flexibility index (Phi) is 6.71. The molecule has 10 nitrogen and oxygen atoms in total. The van der Waals surface area contributed by atoms with Gasteiger partial charge < -0.3 is 15.5 Å². The van der Waals surface area contributed by atoms with Crippen molar-refractivity contribution in [3.8, 4) is 0 Å². The van der Waals surface area contributed by atoms with Crippen molar-refractivity contribution in [3.63, 3.8) is 0 Å². The Morgan fingerprint density at radius 1 is 1.03 bits per heavy atom. The van der Waals surface area contributed by atoms with Crippen molar-refractivity contribution in [2.24, 2.45) is 5.73 Å². The SMILES string of the molecule is COC(=O)Nc1nc2ccc(S(=O)(=O)c3ccc(N(C(N)=O)c4cc(C(F)(F)F)ccc4F)cc3)cc2[nH]1. The molecule has 0 unspecified atom stereocenters. The second-order valence-corrected chi connectivity index (χ2v) is 9.67. The number of sulfone groups is 1. The number of H-pyrrole nitrogens is 1. The number of hydrogen-bond acceptors (Lipinski definition) is 6. The summed E-state index contributed by atoms with van der Waals surface area (Å²) in [5.41, 5.74) is 3.81. The molecule has 0 fully saturated rings. The van der Waals surface area contributed by atoms with Gasteiger partial charge in [0.1, 0.15) is 5.82 Å². The highest BCUT2D eigenvalue weighted by Crippen LogP contribution is 2.36. The first kappa shape index (κ1) is 26.4. The molecule has 0 saturated heterocycles. The molecule has 38 heavy (non-hydrogen) atoms. The lowest BCUT2D eigenvalue weighted by Gasteiger charge is -2.22. The van der Waals surface area contributed by atoms with Gasteiger partial charge in [-0.25, -0.2) is 27.4 Å². The van der Waals surface area contributed by atoms with Gasteiger partial charge in [-0.05, 0) is 60.7 Å². The van der Waals surface area contributed by atoms with Crippen molar-refractivity contribution in [2.75, 3.05) is 17.3 Å². The van der Waals surface area contributed by atoms with Gasteiger partial charge in [-0.3, -0.25) is 10.2 Å². The lowest BCUT2D eigenvalue weighted by atomic mass is 10.1. The predicted octanol–water partition coefficient (Wildman–Crippen LogP) is 4.95.